The van der Waals surface area contributed by atoms with Crippen molar-refractivity contribution >= 4 is 17.9 Å². The van der Waals surface area contributed by atoms with Crippen LogP contribution in [0.5, 0.6) is 0 Å². The molecule has 3 amide bonds. The maximum absolute atomic E-state index is 13.1. The van der Waals surface area contributed by atoms with Crippen LogP contribution in [0.4, 0.5) is 4.79 Å². The lowest BCUT2D eigenvalue weighted by Gasteiger charge is -2.42. The number of urea groups is 1. The first kappa shape index (κ1) is 25.9. The van der Waals surface area contributed by atoms with Gasteiger partial charge in [-0.1, -0.05) is 70.5 Å². The summed E-state index contributed by atoms with van der Waals surface area (Å²) in [4.78, 5) is 43.4. The zero-order chi connectivity index (χ0) is 26.1. The number of esters is 1. The number of imide groups is 1. The van der Waals surface area contributed by atoms with Gasteiger partial charge >= 0.3 is 12.0 Å². The molecule has 0 unspecified atom stereocenters. The van der Waals surface area contributed by atoms with Crippen LogP contribution in [0.25, 0.3) is 11.4 Å². The maximum atomic E-state index is 13.1. The van der Waals surface area contributed by atoms with Crippen molar-refractivity contribution in [3.8, 4) is 11.4 Å². The number of nitrogens with one attached hydrogen (secondary N) is 1. The van der Waals surface area contributed by atoms with Crippen LogP contribution < -0.4 is 5.32 Å². The molecular weight excluding hydrogens is 460 g/mol. The number of hydrogen-bond donors (Lipinski definition) is 1. The number of rotatable bonds is 8. The van der Waals surface area contributed by atoms with Gasteiger partial charge in [-0.25, -0.2) is 4.79 Å². The average molecular weight is 497 g/mol. The molecule has 1 saturated heterocycles. The van der Waals surface area contributed by atoms with Gasteiger partial charge < -0.3 is 14.6 Å². The first-order valence-corrected chi connectivity index (χ1v) is 12.8. The molecule has 1 aromatic carbocycles. The van der Waals surface area contributed by atoms with E-state index in [4.69, 9.17) is 9.26 Å². The van der Waals surface area contributed by atoms with Gasteiger partial charge in [-0.05, 0) is 48.5 Å². The van der Waals surface area contributed by atoms with Crippen LogP contribution >= 0.6 is 0 Å². The van der Waals surface area contributed by atoms with E-state index in [1.807, 2.05) is 24.3 Å². The van der Waals surface area contributed by atoms with Crippen molar-refractivity contribution in [3.05, 3.63) is 35.7 Å². The summed E-state index contributed by atoms with van der Waals surface area (Å²) in [5, 5.41) is 6.81. The third kappa shape index (κ3) is 5.15. The fraction of sp³-hybridized carbons (Fsp3) is 0.593. The van der Waals surface area contributed by atoms with E-state index in [9.17, 15) is 14.4 Å². The Morgan fingerprint density at radius 2 is 1.89 bits per heavy atom. The fourth-order valence-corrected chi connectivity index (χ4v) is 5.10. The van der Waals surface area contributed by atoms with Crippen LogP contribution in [0.2, 0.25) is 0 Å². The Hall–Kier alpha value is -3.23. The molecule has 0 atom stereocenters. The SMILES string of the molecule is CCC(C)(C)C1CCC2(CC1)NC(=O)N(CC(=O)OCc1nc(-c3ccc(C(C)C)cc3)no1)C2=O. The molecule has 2 aromatic rings. The number of amides is 3. The molecule has 194 valence electrons. The van der Waals surface area contributed by atoms with Crippen molar-refractivity contribution in [1.29, 1.82) is 0 Å². The summed E-state index contributed by atoms with van der Waals surface area (Å²) >= 11 is 0. The summed E-state index contributed by atoms with van der Waals surface area (Å²) in [5.41, 5.74) is 1.28. The summed E-state index contributed by atoms with van der Waals surface area (Å²) in [5.74, 6) is 0.400. The number of benzene rings is 1. The van der Waals surface area contributed by atoms with Gasteiger partial charge in [0.1, 0.15) is 12.1 Å². The van der Waals surface area contributed by atoms with E-state index in [1.165, 1.54) is 5.56 Å². The second-order valence-corrected chi connectivity index (χ2v) is 11.0. The lowest BCUT2D eigenvalue weighted by molar-refractivity contribution is -0.149. The smallest absolute Gasteiger partial charge is 0.326 e. The highest BCUT2D eigenvalue weighted by Gasteiger charge is 2.53. The lowest BCUT2D eigenvalue weighted by atomic mass is 9.65. The summed E-state index contributed by atoms with van der Waals surface area (Å²) < 4.78 is 10.4. The van der Waals surface area contributed by atoms with Gasteiger partial charge in [0.2, 0.25) is 5.82 Å². The number of aromatic nitrogens is 2. The van der Waals surface area contributed by atoms with Crippen molar-refractivity contribution in [2.75, 3.05) is 6.54 Å². The molecule has 1 spiro atoms. The van der Waals surface area contributed by atoms with E-state index in [0.29, 0.717) is 30.5 Å². The van der Waals surface area contributed by atoms with Gasteiger partial charge in [-0.15, -0.1) is 0 Å². The molecule has 9 heteroatoms. The van der Waals surface area contributed by atoms with E-state index in [-0.39, 0.29) is 23.8 Å². The molecule has 2 aliphatic rings. The van der Waals surface area contributed by atoms with Crippen LogP contribution in [0.3, 0.4) is 0 Å². The minimum atomic E-state index is -0.913. The monoisotopic (exact) mass is 496 g/mol. The van der Waals surface area contributed by atoms with E-state index in [1.54, 1.807) is 0 Å². The second-order valence-electron chi connectivity index (χ2n) is 11.0. The van der Waals surface area contributed by atoms with E-state index in [0.717, 1.165) is 29.7 Å². The summed E-state index contributed by atoms with van der Waals surface area (Å²) in [6.45, 7) is 10.2. The number of nitrogens with zero attached hydrogens (tertiary/aromatic N) is 3. The standard InChI is InChI=1S/C27H36N4O5/c1-6-26(4,5)20-11-13-27(14-12-20)24(33)31(25(34)29-27)15-22(32)35-16-21-28-23(30-36-21)19-9-7-18(8-10-19)17(2)3/h7-10,17,20H,6,11-16H2,1-5H3,(H,29,34). The topological polar surface area (TPSA) is 115 Å². The van der Waals surface area contributed by atoms with Crippen molar-refractivity contribution in [2.45, 2.75) is 84.8 Å². The zero-order valence-corrected chi connectivity index (χ0v) is 21.8. The Kier molecular flexibility index (Phi) is 7.20. The van der Waals surface area contributed by atoms with Crippen LogP contribution in [0.1, 0.15) is 84.1 Å². The second kappa shape index (κ2) is 10.0. The Morgan fingerprint density at radius 1 is 1.22 bits per heavy atom. The predicted octanol–water partition coefficient (Wildman–Crippen LogP) is 4.82. The number of hydrogen-bond acceptors (Lipinski definition) is 7. The Morgan fingerprint density at radius 3 is 2.50 bits per heavy atom. The summed E-state index contributed by atoms with van der Waals surface area (Å²) in [7, 11) is 0. The van der Waals surface area contributed by atoms with Gasteiger partial charge in [0.05, 0.1) is 0 Å². The number of carbonyl (C=O) groups excluding carboxylic acids is 3. The zero-order valence-electron chi connectivity index (χ0n) is 21.8. The molecule has 4 rings (SSSR count). The molecule has 2 fully saturated rings. The van der Waals surface area contributed by atoms with Gasteiger partial charge in [-0.2, -0.15) is 4.98 Å². The van der Waals surface area contributed by atoms with Crippen LogP contribution in [-0.4, -0.2) is 45.0 Å². The largest absolute Gasteiger partial charge is 0.454 e. The van der Waals surface area contributed by atoms with Gasteiger partial charge in [0, 0.05) is 5.56 Å². The van der Waals surface area contributed by atoms with Crippen molar-refractivity contribution in [3.63, 3.8) is 0 Å². The van der Waals surface area contributed by atoms with Crippen molar-refractivity contribution < 1.29 is 23.6 Å². The van der Waals surface area contributed by atoms with Gasteiger partial charge in [0.15, 0.2) is 6.61 Å². The van der Waals surface area contributed by atoms with Crippen LogP contribution in [0, 0.1) is 11.3 Å². The molecule has 1 aliphatic carbocycles. The summed E-state index contributed by atoms with van der Waals surface area (Å²) in [6.07, 6.45) is 3.96. The highest BCUT2D eigenvalue weighted by Crippen LogP contribution is 2.45. The van der Waals surface area contributed by atoms with Crippen molar-refractivity contribution in [1.82, 2.24) is 20.4 Å². The normalized spacial score (nSPS) is 22.4. The average Bonchev–Trinajstić information content (AvgIpc) is 3.42. The lowest BCUT2D eigenvalue weighted by Crippen LogP contribution is -2.51. The highest BCUT2D eigenvalue weighted by molar-refractivity contribution is 6.08. The summed E-state index contributed by atoms with van der Waals surface area (Å²) in [6, 6.07) is 7.31. The van der Waals surface area contributed by atoms with E-state index >= 15 is 0 Å². The highest BCUT2D eigenvalue weighted by atomic mass is 16.6. The molecule has 9 nitrogen and oxygen atoms in total. The van der Waals surface area contributed by atoms with E-state index in [2.05, 4.69) is 50.1 Å². The number of ether oxygens (including phenoxy) is 1. The van der Waals surface area contributed by atoms with Crippen LogP contribution in [0.15, 0.2) is 28.8 Å². The van der Waals surface area contributed by atoms with Crippen LogP contribution in [-0.2, 0) is 20.9 Å². The molecular formula is C27H36N4O5. The first-order valence-electron chi connectivity index (χ1n) is 12.8. The molecule has 1 aromatic heterocycles. The molecule has 1 saturated carbocycles. The van der Waals surface area contributed by atoms with E-state index < -0.39 is 24.1 Å². The van der Waals surface area contributed by atoms with Crippen molar-refractivity contribution in [2.24, 2.45) is 11.3 Å². The van der Waals surface area contributed by atoms with Gasteiger partial charge in [0.25, 0.3) is 11.8 Å². The third-order valence-corrected chi connectivity index (χ3v) is 8.05. The van der Waals surface area contributed by atoms with Gasteiger partial charge in [-0.3, -0.25) is 14.5 Å². The first-order chi connectivity index (χ1) is 17.0. The minimum Gasteiger partial charge on any atom is -0.454 e. The fourth-order valence-electron chi connectivity index (χ4n) is 5.10. The Bertz CT molecular complexity index is 1110. The molecule has 0 bridgehead atoms. The Balaban J connectivity index is 1.30. The number of carbonyl (C=O) groups is 3. The maximum Gasteiger partial charge on any atom is 0.326 e. The molecule has 36 heavy (non-hydrogen) atoms. The third-order valence-electron chi connectivity index (χ3n) is 8.05. The molecule has 2 heterocycles. The molecule has 1 N–H and O–H groups in total. The molecule has 1 aliphatic heterocycles. The Labute approximate surface area is 212 Å². The quantitative estimate of drug-likeness (QED) is 0.411. The minimum absolute atomic E-state index is 0.136. The predicted molar refractivity (Wildman–Crippen MR) is 133 cm³/mol. The molecule has 0 radical (unpaired) electrons.